The Kier molecular flexibility index (Phi) is 5.56. The van der Waals surface area contributed by atoms with Crippen molar-refractivity contribution in [2.24, 2.45) is 0 Å². The van der Waals surface area contributed by atoms with Crippen molar-refractivity contribution in [3.8, 4) is 0 Å². The van der Waals surface area contributed by atoms with E-state index in [9.17, 15) is 0 Å². The Hall–Kier alpha value is -0.920. The van der Waals surface area contributed by atoms with Gasteiger partial charge in [0.15, 0.2) is 0 Å². The van der Waals surface area contributed by atoms with Crippen molar-refractivity contribution < 1.29 is 0 Å². The Bertz CT molecular complexity index is 441. The molecule has 1 aliphatic heterocycles. The molecule has 1 aliphatic rings. The highest BCUT2D eigenvalue weighted by atomic mass is 79.9. The molecule has 1 saturated heterocycles. The van der Waals surface area contributed by atoms with Crippen LogP contribution in [0.5, 0.6) is 0 Å². The van der Waals surface area contributed by atoms with E-state index in [1.807, 2.05) is 0 Å². The number of piperazine rings is 1. The van der Waals surface area contributed by atoms with Crippen LogP contribution in [0.2, 0.25) is 0 Å². The summed E-state index contributed by atoms with van der Waals surface area (Å²) in [4.78, 5) is 13.3. The van der Waals surface area contributed by atoms with Crippen LogP contribution in [0.1, 0.15) is 6.92 Å². The number of aromatic nitrogens is 2. The van der Waals surface area contributed by atoms with E-state index < -0.39 is 0 Å². The van der Waals surface area contributed by atoms with E-state index in [1.165, 1.54) is 0 Å². The van der Waals surface area contributed by atoms with Crippen molar-refractivity contribution in [1.82, 2.24) is 19.8 Å². The minimum absolute atomic E-state index is 0.498. The van der Waals surface area contributed by atoms with E-state index >= 15 is 0 Å². The van der Waals surface area contributed by atoms with Crippen molar-refractivity contribution in [3.63, 3.8) is 0 Å². The molecule has 2 heterocycles. The van der Waals surface area contributed by atoms with Gasteiger partial charge in [-0.15, -0.1) is 0 Å². The summed E-state index contributed by atoms with van der Waals surface area (Å²) in [6.45, 7) is 7.08. The highest BCUT2D eigenvalue weighted by Crippen LogP contribution is 2.26. The second-order valence-corrected chi connectivity index (χ2v) is 5.99. The minimum Gasteiger partial charge on any atom is -0.369 e. The van der Waals surface area contributed by atoms with Crippen LogP contribution in [0.4, 0.5) is 11.6 Å². The minimum atomic E-state index is 0.498. The van der Waals surface area contributed by atoms with Crippen molar-refractivity contribution in [3.05, 3.63) is 10.8 Å². The molecule has 7 heteroatoms. The van der Waals surface area contributed by atoms with Gasteiger partial charge in [-0.3, -0.25) is 4.90 Å². The standard InChI is InChI=1S/C13H23BrN6/c1-4-15-12-11(14)13(18-9-17-12)16-7-10-8-19(2)5-6-20(10)3/h9-10H,4-8H2,1-3H3,(H2,15,16,17,18). The first-order valence-electron chi connectivity index (χ1n) is 6.98. The molecule has 1 aromatic rings. The Labute approximate surface area is 129 Å². The molecule has 1 atom stereocenters. The quantitative estimate of drug-likeness (QED) is 0.841. The first-order valence-corrected chi connectivity index (χ1v) is 7.78. The van der Waals surface area contributed by atoms with Crippen LogP contribution in [0.15, 0.2) is 10.8 Å². The van der Waals surface area contributed by atoms with Gasteiger partial charge in [0.25, 0.3) is 0 Å². The van der Waals surface area contributed by atoms with Crippen molar-refractivity contribution in [1.29, 1.82) is 0 Å². The number of hydrogen-bond acceptors (Lipinski definition) is 6. The van der Waals surface area contributed by atoms with E-state index in [-0.39, 0.29) is 0 Å². The van der Waals surface area contributed by atoms with Gasteiger partial charge >= 0.3 is 0 Å². The number of nitrogens with zero attached hydrogens (tertiary/aromatic N) is 4. The molecule has 0 aromatic carbocycles. The molecule has 112 valence electrons. The van der Waals surface area contributed by atoms with E-state index in [0.717, 1.165) is 48.8 Å². The van der Waals surface area contributed by atoms with Crippen LogP contribution in [-0.4, -0.2) is 72.6 Å². The third kappa shape index (κ3) is 3.80. The number of halogens is 1. The van der Waals surface area contributed by atoms with Crippen molar-refractivity contribution in [2.45, 2.75) is 13.0 Å². The van der Waals surface area contributed by atoms with Gasteiger partial charge in [-0.25, -0.2) is 9.97 Å². The van der Waals surface area contributed by atoms with Crippen molar-refractivity contribution >= 4 is 27.6 Å². The summed E-state index contributed by atoms with van der Waals surface area (Å²) in [5, 5.41) is 6.64. The highest BCUT2D eigenvalue weighted by Gasteiger charge is 2.22. The smallest absolute Gasteiger partial charge is 0.146 e. The third-order valence-electron chi connectivity index (χ3n) is 3.62. The number of rotatable bonds is 5. The highest BCUT2D eigenvalue weighted by molar-refractivity contribution is 9.10. The fourth-order valence-electron chi connectivity index (χ4n) is 2.32. The van der Waals surface area contributed by atoms with Crippen LogP contribution in [0, 0.1) is 0 Å². The maximum absolute atomic E-state index is 4.31. The summed E-state index contributed by atoms with van der Waals surface area (Å²) in [5.41, 5.74) is 0. The largest absolute Gasteiger partial charge is 0.369 e. The molecule has 1 aromatic heterocycles. The molecular weight excluding hydrogens is 320 g/mol. The number of likely N-dealkylation sites (N-methyl/N-ethyl adjacent to an activating group) is 2. The average Bonchev–Trinajstić information content (AvgIpc) is 2.43. The lowest BCUT2D eigenvalue weighted by Crippen LogP contribution is -2.52. The topological polar surface area (TPSA) is 56.3 Å². The number of hydrogen-bond donors (Lipinski definition) is 2. The second-order valence-electron chi connectivity index (χ2n) is 5.19. The Morgan fingerprint density at radius 1 is 1.25 bits per heavy atom. The molecular formula is C13H23BrN6. The average molecular weight is 343 g/mol. The first-order chi connectivity index (χ1) is 9.61. The molecule has 20 heavy (non-hydrogen) atoms. The molecule has 1 fully saturated rings. The Balaban J connectivity index is 1.98. The molecule has 0 spiro atoms. The van der Waals surface area contributed by atoms with Gasteiger partial charge in [-0.05, 0) is 36.9 Å². The Morgan fingerprint density at radius 3 is 2.65 bits per heavy atom. The molecule has 0 amide bonds. The van der Waals surface area contributed by atoms with Crippen LogP contribution in [0.25, 0.3) is 0 Å². The van der Waals surface area contributed by atoms with Crippen LogP contribution in [0.3, 0.4) is 0 Å². The SMILES string of the molecule is CCNc1ncnc(NCC2CN(C)CCN2C)c1Br. The van der Waals surface area contributed by atoms with Gasteiger partial charge in [-0.1, -0.05) is 0 Å². The lowest BCUT2D eigenvalue weighted by molar-refractivity contribution is 0.122. The van der Waals surface area contributed by atoms with Gasteiger partial charge in [0.2, 0.25) is 0 Å². The predicted molar refractivity (Wildman–Crippen MR) is 86.3 cm³/mol. The summed E-state index contributed by atoms with van der Waals surface area (Å²) in [7, 11) is 4.35. The predicted octanol–water partition coefficient (Wildman–Crippen LogP) is 1.33. The molecule has 0 aliphatic carbocycles. The van der Waals surface area contributed by atoms with E-state index in [2.05, 4.69) is 67.4 Å². The fraction of sp³-hybridized carbons (Fsp3) is 0.692. The van der Waals surface area contributed by atoms with Gasteiger partial charge in [0.1, 0.15) is 22.4 Å². The summed E-state index contributed by atoms with van der Waals surface area (Å²) >= 11 is 3.56. The maximum atomic E-state index is 4.31. The number of anilines is 2. The summed E-state index contributed by atoms with van der Waals surface area (Å²) in [6.07, 6.45) is 1.59. The Morgan fingerprint density at radius 2 is 1.95 bits per heavy atom. The normalized spacial score (nSPS) is 20.9. The lowest BCUT2D eigenvalue weighted by Gasteiger charge is -2.37. The van der Waals surface area contributed by atoms with Crippen LogP contribution < -0.4 is 10.6 Å². The van der Waals surface area contributed by atoms with E-state index in [1.54, 1.807) is 6.33 Å². The first kappa shape index (κ1) is 15.5. The van der Waals surface area contributed by atoms with Gasteiger partial charge in [0.05, 0.1) is 0 Å². The third-order valence-corrected chi connectivity index (χ3v) is 4.37. The number of nitrogens with one attached hydrogen (secondary N) is 2. The maximum Gasteiger partial charge on any atom is 0.146 e. The van der Waals surface area contributed by atoms with Crippen molar-refractivity contribution in [2.75, 3.05) is 57.5 Å². The molecule has 0 radical (unpaired) electrons. The second kappa shape index (κ2) is 7.19. The zero-order valence-corrected chi connectivity index (χ0v) is 13.9. The van der Waals surface area contributed by atoms with E-state index in [4.69, 9.17) is 0 Å². The molecule has 0 bridgehead atoms. The fourth-order valence-corrected chi connectivity index (χ4v) is 2.81. The zero-order valence-electron chi connectivity index (χ0n) is 12.4. The monoisotopic (exact) mass is 342 g/mol. The van der Waals surface area contributed by atoms with Crippen LogP contribution in [-0.2, 0) is 0 Å². The lowest BCUT2D eigenvalue weighted by atomic mass is 10.2. The van der Waals surface area contributed by atoms with Gasteiger partial charge in [0, 0.05) is 38.8 Å². The van der Waals surface area contributed by atoms with E-state index in [0.29, 0.717) is 6.04 Å². The summed E-state index contributed by atoms with van der Waals surface area (Å²) in [5.74, 6) is 1.68. The van der Waals surface area contributed by atoms with Gasteiger partial charge in [-0.2, -0.15) is 0 Å². The summed E-state index contributed by atoms with van der Waals surface area (Å²) in [6, 6.07) is 0.498. The molecule has 6 nitrogen and oxygen atoms in total. The van der Waals surface area contributed by atoms with Crippen LogP contribution >= 0.6 is 15.9 Å². The molecule has 2 rings (SSSR count). The molecule has 1 unspecified atom stereocenters. The molecule has 0 saturated carbocycles. The van der Waals surface area contributed by atoms with Gasteiger partial charge < -0.3 is 15.5 Å². The zero-order chi connectivity index (χ0) is 14.5. The molecule has 2 N–H and O–H groups in total. The summed E-state index contributed by atoms with van der Waals surface area (Å²) < 4.78 is 0.897.